The van der Waals surface area contributed by atoms with Gasteiger partial charge < -0.3 is 15.4 Å². The van der Waals surface area contributed by atoms with Gasteiger partial charge in [0.25, 0.3) is 5.91 Å². The van der Waals surface area contributed by atoms with E-state index >= 15 is 0 Å². The molecule has 1 aromatic heterocycles. The lowest BCUT2D eigenvalue weighted by Crippen LogP contribution is -2.46. The Hall–Kier alpha value is -1.14. The monoisotopic (exact) mass is 269 g/mol. The van der Waals surface area contributed by atoms with Gasteiger partial charge in [0.15, 0.2) is 5.13 Å². The van der Waals surface area contributed by atoms with E-state index in [2.05, 4.69) is 11.9 Å². The number of hydrogen-bond donors (Lipinski definition) is 1. The minimum atomic E-state index is 0.0238. The average molecular weight is 269 g/mol. The Kier molecular flexibility index (Phi) is 3.87. The van der Waals surface area contributed by atoms with Crippen molar-refractivity contribution in [3.05, 3.63) is 10.6 Å². The number of aryl methyl sites for hydroxylation is 1. The van der Waals surface area contributed by atoms with Gasteiger partial charge in [0, 0.05) is 20.2 Å². The first-order valence-electron chi connectivity index (χ1n) is 6.08. The van der Waals surface area contributed by atoms with Gasteiger partial charge in [0.1, 0.15) is 4.88 Å². The molecule has 2 unspecified atom stereocenters. The van der Waals surface area contributed by atoms with Crippen LogP contribution in [0.3, 0.4) is 0 Å². The molecule has 0 bridgehead atoms. The van der Waals surface area contributed by atoms with Crippen molar-refractivity contribution in [2.24, 2.45) is 5.92 Å². The summed E-state index contributed by atoms with van der Waals surface area (Å²) in [6.45, 7) is 5.40. The van der Waals surface area contributed by atoms with E-state index in [9.17, 15) is 4.79 Å². The summed E-state index contributed by atoms with van der Waals surface area (Å²) < 4.78 is 5.42. The third kappa shape index (κ3) is 2.49. The number of likely N-dealkylation sites (tertiary alicyclic amines) is 1. The van der Waals surface area contributed by atoms with Crippen LogP contribution in [0.15, 0.2) is 0 Å². The molecule has 1 aliphatic heterocycles. The van der Waals surface area contributed by atoms with E-state index in [1.807, 2.05) is 11.8 Å². The second kappa shape index (κ2) is 5.24. The summed E-state index contributed by atoms with van der Waals surface area (Å²) in [5.74, 6) is 0.516. The predicted molar refractivity (Wildman–Crippen MR) is 71.7 cm³/mol. The summed E-state index contributed by atoms with van der Waals surface area (Å²) in [5, 5.41) is 0.449. The van der Waals surface area contributed by atoms with Crippen molar-refractivity contribution in [2.45, 2.75) is 26.4 Å². The van der Waals surface area contributed by atoms with Gasteiger partial charge in [0.2, 0.25) is 0 Å². The zero-order chi connectivity index (χ0) is 13.3. The molecule has 1 aliphatic rings. The summed E-state index contributed by atoms with van der Waals surface area (Å²) in [6, 6.07) is 0. The zero-order valence-electron chi connectivity index (χ0n) is 11.0. The Morgan fingerprint density at radius 2 is 2.33 bits per heavy atom. The molecule has 0 aromatic carbocycles. The Bertz CT molecular complexity index is 447. The molecule has 0 aliphatic carbocycles. The van der Waals surface area contributed by atoms with Crippen LogP contribution >= 0.6 is 11.3 Å². The van der Waals surface area contributed by atoms with Gasteiger partial charge in [-0.3, -0.25) is 4.79 Å². The van der Waals surface area contributed by atoms with Crippen molar-refractivity contribution in [3.63, 3.8) is 0 Å². The molecule has 6 heteroatoms. The fourth-order valence-corrected chi connectivity index (χ4v) is 3.09. The van der Waals surface area contributed by atoms with E-state index in [0.717, 1.165) is 18.7 Å². The van der Waals surface area contributed by atoms with E-state index in [1.165, 1.54) is 11.3 Å². The Morgan fingerprint density at radius 3 is 2.89 bits per heavy atom. The number of carbonyl (C=O) groups excluding carboxylic acids is 1. The molecule has 100 valence electrons. The van der Waals surface area contributed by atoms with Crippen molar-refractivity contribution >= 4 is 22.4 Å². The SMILES string of the molecule is COC1CN(C(=O)c2sc(N)nc2C)CCC1C. The van der Waals surface area contributed by atoms with Gasteiger partial charge in [-0.05, 0) is 19.3 Å². The molecule has 5 nitrogen and oxygen atoms in total. The van der Waals surface area contributed by atoms with Crippen LogP contribution in [0.1, 0.15) is 28.7 Å². The van der Waals surface area contributed by atoms with E-state index in [-0.39, 0.29) is 12.0 Å². The number of hydrogen-bond acceptors (Lipinski definition) is 5. The quantitative estimate of drug-likeness (QED) is 0.884. The molecule has 0 radical (unpaired) electrons. The van der Waals surface area contributed by atoms with E-state index in [1.54, 1.807) is 7.11 Å². The highest BCUT2D eigenvalue weighted by molar-refractivity contribution is 7.17. The summed E-state index contributed by atoms with van der Waals surface area (Å²) >= 11 is 1.26. The third-order valence-corrected chi connectivity index (χ3v) is 4.46. The van der Waals surface area contributed by atoms with Gasteiger partial charge in [-0.25, -0.2) is 4.98 Å². The second-order valence-corrected chi connectivity index (χ2v) is 5.79. The number of rotatable bonds is 2. The number of amides is 1. The largest absolute Gasteiger partial charge is 0.379 e. The first kappa shape index (κ1) is 13.3. The molecule has 2 rings (SSSR count). The number of nitrogen functional groups attached to an aromatic ring is 1. The molecule has 2 N–H and O–H groups in total. The molecule has 2 atom stereocenters. The molecule has 1 amide bonds. The fraction of sp³-hybridized carbons (Fsp3) is 0.667. The summed E-state index contributed by atoms with van der Waals surface area (Å²) in [6.07, 6.45) is 1.09. The van der Waals surface area contributed by atoms with Crippen LogP contribution in [0.25, 0.3) is 0 Å². The highest BCUT2D eigenvalue weighted by Gasteiger charge is 2.30. The normalized spacial score (nSPS) is 24.3. The first-order chi connectivity index (χ1) is 8.52. The van der Waals surface area contributed by atoms with Crippen molar-refractivity contribution in [2.75, 3.05) is 25.9 Å². The predicted octanol–water partition coefficient (Wildman–Crippen LogP) is 1.53. The van der Waals surface area contributed by atoms with Crippen molar-refractivity contribution in [1.82, 2.24) is 9.88 Å². The molecular weight excluding hydrogens is 250 g/mol. The van der Waals surface area contributed by atoms with Crippen LogP contribution in [0.4, 0.5) is 5.13 Å². The maximum absolute atomic E-state index is 12.4. The lowest BCUT2D eigenvalue weighted by atomic mass is 9.95. The minimum Gasteiger partial charge on any atom is -0.379 e. The zero-order valence-corrected chi connectivity index (χ0v) is 11.8. The van der Waals surface area contributed by atoms with E-state index in [4.69, 9.17) is 10.5 Å². The van der Waals surface area contributed by atoms with Gasteiger partial charge in [-0.2, -0.15) is 0 Å². The topological polar surface area (TPSA) is 68.5 Å². The number of ether oxygens (including phenoxy) is 1. The van der Waals surface area contributed by atoms with Crippen LogP contribution < -0.4 is 5.73 Å². The number of methoxy groups -OCH3 is 1. The van der Waals surface area contributed by atoms with Crippen LogP contribution in [0.2, 0.25) is 0 Å². The Morgan fingerprint density at radius 1 is 1.61 bits per heavy atom. The molecule has 2 heterocycles. The van der Waals surface area contributed by atoms with E-state index in [0.29, 0.717) is 22.5 Å². The average Bonchev–Trinajstić information content (AvgIpc) is 2.68. The van der Waals surface area contributed by atoms with Gasteiger partial charge in [-0.1, -0.05) is 18.3 Å². The Balaban J connectivity index is 2.12. The number of nitrogens with two attached hydrogens (primary N) is 1. The fourth-order valence-electron chi connectivity index (χ4n) is 2.28. The van der Waals surface area contributed by atoms with Crippen LogP contribution in [-0.4, -0.2) is 42.1 Å². The summed E-state index contributed by atoms with van der Waals surface area (Å²) in [7, 11) is 1.70. The maximum atomic E-state index is 12.4. The molecule has 18 heavy (non-hydrogen) atoms. The van der Waals surface area contributed by atoms with Crippen LogP contribution in [-0.2, 0) is 4.74 Å². The van der Waals surface area contributed by atoms with Crippen LogP contribution in [0, 0.1) is 12.8 Å². The van der Waals surface area contributed by atoms with Crippen molar-refractivity contribution < 1.29 is 9.53 Å². The molecule has 1 aromatic rings. The molecule has 1 saturated heterocycles. The molecule has 0 spiro atoms. The maximum Gasteiger partial charge on any atom is 0.266 e. The second-order valence-electron chi connectivity index (χ2n) is 4.76. The number of nitrogens with zero attached hydrogens (tertiary/aromatic N) is 2. The smallest absolute Gasteiger partial charge is 0.266 e. The number of piperidine rings is 1. The lowest BCUT2D eigenvalue weighted by Gasteiger charge is -2.36. The number of aromatic nitrogens is 1. The highest BCUT2D eigenvalue weighted by atomic mass is 32.1. The van der Waals surface area contributed by atoms with Gasteiger partial charge in [-0.15, -0.1) is 0 Å². The Labute approximate surface area is 111 Å². The lowest BCUT2D eigenvalue weighted by molar-refractivity contribution is -0.00142. The highest BCUT2D eigenvalue weighted by Crippen LogP contribution is 2.25. The van der Waals surface area contributed by atoms with Crippen molar-refractivity contribution in [3.8, 4) is 0 Å². The first-order valence-corrected chi connectivity index (χ1v) is 6.89. The van der Waals surface area contributed by atoms with Gasteiger partial charge >= 0.3 is 0 Å². The number of anilines is 1. The van der Waals surface area contributed by atoms with Gasteiger partial charge in [0.05, 0.1) is 11.8 Å². The van der Waals surface area contributed by atoms with E-state index < -0.39 is 0 Å². The standard InChI is InChI=1S/C12H19N3O2S/c1-7-4-5-15(6-9(7)17-3)11(16)10-8(2)14-12(13)18-10/h7,9H,4-6H2,1-3H3,(H2,13,14). The van der Waals surface area contributed by atoms with Crippen molar-refractivity contribution in [1.29, 1.82) is 0 Å². The molecular formula is C12H19N3O2S. The molecule has 1 fully saturated rings. The minimum absolute atomic E-state index is 0.0238. The summed E-state index contributed by atoms with van der Waals surface area (Å²) in [5.41, 5.74) is 6.35. The summed E-state index contributed by atoms with van der Waals surface area (Å²) in [4.78, 5) is 19.0. The molecule has 0 saturated carbocycles. The third-order valence-electron chi connectivity index (χ3n) is 3.49. The van der Waals surface area contributed by atoms with Crippen LogP contribution in [0.5, 0.6) is 0 Å². The number of thiazole rings is 1. The number of carbonyl (C=O) groups is 1.